The highest BCUT2D eigenvalue weighted by atomic mass is 16.3. The molecule has 0 fully saturated rings. The number of amidine groups is 1. The van der Waals surface area contributed by atoms with Gasteiger partial charge in [-0.1, -0.05) is 158 Å². The highest BCUT2D eigenvalue weighted by molar-refractivity contribution is 6.31. The average molecular weight is 697 g/mol. The van der Waals surface area contributed by atoms with Crippen molar-refractivity contribution >= 4 is 44.9 Å². The summed E-state index contributed by atoms with van der Waals surface area (Å²) in [5, 5.41) is 3.71. The number of fused-ring (bicyclic) bond motifs is 7. The van der Waals surface area contributed by atoms with Gasteiger partial charge in [0.05, 0.1) is 5.71 Å². The molecule has 3 atom stereocenters. The van der Waals surface area contributed by atoms with Crippen LogP contribution in [0.5, 0.6) is 0 Å². The van der Waals surface area contributed by atoms with Crippen molar-refractivity contribution in [3.8, 4) is 22.3 Å². The number of benzene rings is 5. The third kappa shape index (κ3) is 5.68. The number of furan rings is 1. The molecule has 6 aromatic rings. The van der Waals surface area contributed by atoms with E-state index in [1.165, 1.54) is 38.6 Å². The largest absolute Gasteiger partial charge is 0.460 e. The quantitative estimate of drug-likeness (QED) is 0.131. The van der Waals surface area contributed by atoms with Crippen molar-refractivity contribution in [2.24, 2.45) is 27.7 Å². The second-order valence-electron chi connectivity index (χ2n) is 14.7. The fourth-order valence-corrected chi connectivity index (χ4v) is 8.84. The molecule has 0 bridgehead atoms. The normalized spacial score (nSPS) is 20.4. The smallest absolute Gasteiger partial charge is 0.155 e. The maximum Gasteiger partial charge on any atom is 0.155 e. The van der Waals surface area contributed by atoms with Gasteiger partial charge in [-0.15, -0.1) is 0 Å². The molecule has 4 aliphatic rings. The molecule has 0 saturated carbocycles. The lowest BCUT2D eigenvalue weighted by Crippen LogP contribution is -2.24. The summed E-state index contributed by atoms with van der Waals surface area (Å²) < 4.78 is 6.68. The lowest BCUT2D eigenvalue weighted by molar-refractivity contribution is 0.546. The Morgan fingerprint density at radius 2 is 1.54 bits per heavy atom. The van der Waals surface area contributed by atoms with Crippen molar-refractivity contribution in [1.82, 2.24) is 0 Å². The van der Waals surface area contributed by atoms with Crippen molar-refractivity contribution in [3.05, 3.63) is 192 Å². The van der Waals surface area contributed by atoms with E-state index in [4.69, 9.17) is 14.4 Å². The molecule has 0 spiro atoms. The first-order valence-corrected chi connectivity index (χ1v) is 19.1. The molecule has 3 unspecified atom stereocenters. The van der Waals surface area contributed by atoms with Gasteiger partial charge in [-0.3, -0.25) is 4.99 Å². The Morgan fingerprint density at radius 1 is 0.722 bits per heavy atom. The molecule has 0 radical (unpaired) electrons. The van der Waals surface area contributed by atoms with Crippen LogP contribution in [-0.4, -0.2) is 18.6 Å². The van der Waals surface area contributed by atoms with E-state index >= 15 is 0 Å². The van der Waals surface area contributed by atoms with E-state index in [9.17, 15) is 0 Å². The molecule has 3 heteroatoms. The minimum atomic E-state index is 0.0802. The van der Waals surface area contributed by atoms with Crippen molar-refractivity contribution in [3.63, 3.8) is 0 Å². The maximum absolute atomic E-state index is 6.68. The first kappa shape index (κ1) is 32.3. The molecule has 10 rings (SSSR count). The average Bonchev–Trinajstić information content (AvgIpc) is 3.64. The van der Waals surface area contributed by atoms with Gasteiger partial charge >= 0.3 is 0 Å². The molecule has 0 amide bonds. The summed E-state index contributed by atoms with van der Waals surface area (Å²) >= 11 is 0. The Morgan fingerprint density at radius 3 is 2.44 bits per heavy atom. The lowest BCUT2D eigenvalue weighted by Gasteiger charge is -2.28. The van der Waals surface area contributed by atoms with Crippen molar-refractivity contribution < 1.29 is 4.42 Å². The fraction of sp³-hybridized carbons (Fsp3) is 0.137. The number of nitrogens with zero attached hydrogens (tertiary/aromatic N) is 2. The highest BCUT2D eigenvalue weighted by Gasteiger charge is 2.30. The fourth-order valence-electron chi connectivity index (χ4n) is 8.84. The summed E-state index contributed by atoms with van der Waals surface area (Å²) in [6, 6.07) is 39.1. The van der Waals surface area contributed by atoms with Crippen LogP contribution < -0.4 is 0 Å². The highest BCUT2D eigenvalue weighted by Crippen LogP contribution is 2.43. The monoisotopic (exact) mass is 696 g/mol. The molecular weight excluding hydrogens is 657 g/mol. The predicted octanol–water partition coefficient (Wildman–Crippen LogP) is 12.5. The molecule has 5 aromatic carbocycles. The van der Waals surface area contributed by atoms with Crippen LogP contribution in [-0.2, 0) is 12.8 Å². The number of hydrogen-bond acceptors (Lipinski definition) is 2. The van der Waals surface area contributed by atoms with Gasteiger partial charge in [-0.05, 0) is 74.7 Å². The maximum atomic E-state index is 6.68. The zero-order chi connectivity index (χ0) is 36.0. The number of allylic oxidation sites excluding steroid dienone is 10. The molecule has 0 N–H and O–H groups in total. The van der Waals surface area contributed by atoms with Gasteiger partial charge in [-0.2, -0.15) is 0 Å². The summed E-state index contributed by atoms with van der Waals surface area (Å²) in [7, 11) is 1.88. The second kappa shape index (κ2) is 13.6. The first-order chi connectivity index (χ1) is 26.7. The Hall–Kier alpha value is -6.32. The molecule has 1 heterocycles. The molecule has 1 aromatic heterocycles. The summed E-state index contributed by atoms with van der Waals surface area (Å²) in [5.74, 6) is 2.50. The van der Waals surface area contributed by atoms with Crippen LogP contribution in [0.25, 0.3) is 55.6 Å². The van der Waals surface area contributed by atoms with Crippen molar-refractivity contribution in [2.75, 3.05) is 7.05 Å². The zero-order valence-electron chi connectivity index (χ0n) is 30.3. The van der Waals surface area contributed by atoms with E-state index in [2.05, 4.69) is 170 Å². The Labute approximate surface area is 316 Å². The molecule has 3 nitrogen and oxygen atoms in total. The van der Waals surface area contributed by atoms with Gasteiger partial charge in [0.1, 0.15) is 11.3 Å². The van der Waals surface area contributed by atoms with Crippen LogP contribution in [0.1, 0.15) is 28.9 Å². The number of rotatable bonds is 5. The minimum absolute atomic E-state index is 0.0802. The van der Waals surface area contributed by atoms with Crippen LogP contribution in [0.4, 0.5) is 0 Å². The zero-order valence-corrected chi connectivity index (χ0v) is 30.3. The van der Waals surface area contributed by atoms with E-state index in [0.29, 0.717) is 11.8 Å². The predicted molar refractivity (Wildman–Crippen MR) is 227 cm³/mol. The van der Waals surface area contributed by atoms with E-state index in [1.54, 1.807) is 0 Å². The Balaban J connectivity index is 1.10. The van der Waals surface area contributed by atoms with Crippen LogP contribution in [0.2, 0.25) is 0 Å². The van der Waals surface area contributed by atoms with E-state index in [0.717, 1.165) is 69.8 Å². The Kier molecular flexibility index (Phi) is 8.14. The molecular formula is C51H40N2O. The molecule has 4 aliphatic carbocycles. The number of aliphatic imine (C=N–C) groups is 2. The second-order valence-corrected chi connectivity index (χ2v) is 14.7. The topological polar surface area (TPSA) is 37.9 Å². The number of hydrogen-bond donors (Lipinski definition) is 0. The lowest BCUT2D eigenvalue weighted by atomic mass is 9.77. The molecule has 260 valence electrons. The van der Waals surface area contributed by atoms with Crippen LogP contribution >= 0.6 is 0 Å². The SMILES string of the molecule is C/N=C(\N=C(/C1=CC2C=CC=CC2C=C1)C1C=Cc2ccc3ccccc3c2C1)C1=CCCc2oc3cccc(-c4cccc(-c5ccccc5)c4)c3c21. The van der Waals surface area contributed by atoms with Gasteiger partial charge in [-0.25, -0.2) is 4.99 Å². The van der Waals surface area contributed by atoms with E-state index in [-0.39, 0.29) is 5.92 Å². The summed E-state index contributed by atoms with van der Waals surface area (Å²) in [6.45, 7) is 0. The first-order valence-electron chi connectivity index (χ1n) is 19.1. The van der Waals surface area contributed by atoms with Gasteiger partial charge in [0.2, 0.25) is 0 Å². The number of aryl methyl sites for hydroxylation is 1. The summed E-state index contributed by atoms with van der Waals surface area (Å²) in [4.78, 5) is 10.6. The molecule has 0 saturated heterocycles. The van der Waals surface area contributed by atoms with Gasteiger partial charge < -0.3 is 4.42 Å². The van der Waals surface area contributed by atoms with Crippen LogP contribution in [0.3, 0.4) is 0 Å². The standard InChI is InChI=1S/C51H40N2O/c1-52-51(44-21-11-23-47-49(44)48-43(20-10-22-46(48)54-47)39-18-9-17-38(30-39)33-12-3-2-4-13-33)53-50(40-28-24-34-14-5-6-16-37(34)31-40)41-29-27-36-26-25-35-15-7-8-19-42(35)45(36)32-41/h2-10,12-22,24-31,34,37,41H,11,23,32H2,1H3/b52-51-,53-50+. The third-order valence-electron chi connectivity index (χ3n) is 11.5. The van der Waals surface area contributed by atoms with E-state index < -0.39 is 0 Å². The van der Waals surface area contributed by atoms with Crippen LogP contribution in [0.15, 0.2) is 184 Å². The Bertz CT molecular complexity index is 2710. The molecule has 0 aliphatic heterocycles. The van der Waals surface area contributed by atoms with Crippen LogP contribution in [0, 0.1) is 17.8 Å². The third-order valence-corrected chi connectivity index (χ3v) is 11.5. The van der Waals surface area contributed by atoms with Gasteiger partial charge in [0, 0.05) is 47.7 Å². The van der Waals surface area contributed by atoms with Crippen molar-refractivity contribution in [1.29, 1.82) is 0 Å². The van der Waals surface area contributed by atoms with Gasteiger partial charge in [0.25, 0.3) is 0 Å². The summed E-state index contributed by atoms with van der Waals surface area (Å²) in [5.41, 5.74) is 12.7. The molecule has 54 heavy (non-hydrogen) atoms. The van der Waals surface area contributed by atoms with E-state index in [1.807, 2.05) is 7.05 Å². The van der Waals surface area contributed by atoms with Crippen molar-refractivity contribution in [2.45, 2.75) is 19.3 Å². The summed E-state index contributed by atoms with van der Waals surface area (Å²) in [6.07, 6.45) is 25.5. The minimum Gasteiger partial charge on any atom is -0.460 e. The van der Waals surface area contributed by atoms with Gasteiger partial charge in [0.15, 0.2) is 5.84 Å².